The number of aryl methyl sites for hydroxylation is 2. The highest BCUT2D eigenvalue weighted by atomic mass is 16.5. The standard InChI is InChI=1S/C17H28N2O2/c1-6-17(4,5)19-15(20)11-21-16-12(2)9-14(7-8-18)10-13(16)3/h9-10H,6-8,11,18H2,1-5H3,(H,19,20). The van der Waals surface area contributed by atoms with Crippen molar-refractivity contribution in [2.45, 2.75) is 53.0 Å². The van der Waals surface area contributed by atoms with E-state index >= 15 is 0 Å². The van der Waals surface area contributed by atoms with Gasteiger partial charge in [0.1, 0.15) is 5.75 Å². The zero-order valence-electron chi connectivity index (χ0n) is 13.9. The summed E-state index contributed by atoms with van der Waals surface area (Å²) in [5.74, 6) is 0.701. The monoisotopic (exact) mass is 292 g/mol. The summed E-state index contributed by atoms with van der Waals surface area (Å²) in [6.45, 7) is 10.7. The molecule has 1 aromatic carbocycles. The Labute approximate surface area is 128 Å². The molecule has 0 bridgehead atoms. The van der Waals surface area contributed by atoms with Gasteiger partial charge in [-0.3, -0.25) is 4.79 Å². The minimum atomic E-state index is -0.199. The molecule has 0 aromatic heterocycles. The lowest BCUT2D eigenvalue weighted by atomic mass is 10.0. The molecule has 0 aliphatic heterocycles. The lowest BCUT2D eigenvalue weighted by Crippen LogP contribution is -2.44. The summed E-state index contributed by atoms with van der Waals surface area (Å²) in [4.78, 5) is 11.9. The predicted molar refractivity (Wildman–Crippen MR) is 86.7 cm³/mol. The second-order valence-corrected chi connectivity index (χ2v) is 6.17. The summed E-state index contributed by atoms with van der Waals surface area (Å²) in [5.41, 5.74) is 8.68. The second kappa shape index (κ2) is 7.46. The van der Waals surface area contributed by atoms with E-state index in [-0.39, 0.29) is 18.1 Å². The van der Waals surface area contributed by atoms with Gasteiger partial charge < -0.3 is 15.8 Å². The van der Waals surface area contributed by atoms with Crippen molar-refractivity contribution in [3.8, 4) is 5.75 Å². The third-order valence-corrected chi connectivity index (χ3v) is 3.66. The molecule has 0 aliphatic carbocycles. The maximum absolute atomic E-state index is 11.9. The maximum atomic E-state index is 11.9. The molecule has 0 fully saturated rings. The molecule has 1 rings (SSSR count). The van der Waals surface area contributed by atoms with Crippen LogP contribution in [0.15, 0.2) is 12.1 Å². The van der Waals surface area contributed by atoms with Gasteiger partial charge in [-0.1, -0.05) is 19.1 Å². The fraction of sp³-hybridized carbons (Fsp3) is 0.588. The van der Waals surface area contributed by atoms with Crippen molar-refractivity contribution < 1.29 is 9.53 Å². The van der Waals surface area contributed by atoms with Crippen LogP contribution in [0.3, 0.4) is 0 Å². The summed E-state index contributed by atoms with van der Waals surface area (Å²) in [6.07, 6.45) is 1.73. The quantitative estimate of drug-likeness (QED) is 0.811. The van der Waals surface area contributed by atoms with E-state index in [0.29, 0.717) is 6.54 Å². The number of hydrogen-bond donors (Lipinski definition) is 2. The zero-order chi connectivity index (χ0) is 16.0. The maximum Gasteiger partial charge on any atom is 0.258 e. The Balaban J connectivity index is 2.69. The Morgan fingerprint density at radius 1 is 1.29 bits per heavy atom. The molecule has 0 saturated heterocycles. The highest BCUT2D eigenvalue weighted by Gasteiger charge is 2.18. The van der Waals surface area contributed by atoms with Gasteiger partial charge in [0.25, 0.3) is 5.91 Å². The first kappa shape index (κ1) is 17.5. The summed E-state index contributed by atoms with van der Waals surface area (Å²) in [7, 11) is 0. The average Bonchev–Trinajstić information content (AvgIpc) is 2.37. The van der Waals surface area contributed by atoms with Gasteiger partial charge in [0.2, 0.25) is 0 Å². The van der Waals surface area contributed by atoms with Crippen molar-refractivity contribution in [1.82, 2.24) is 5.32 Å². The van der Waals surface area contributed by atoms with Crippen molar-refractivity contribution >= 4 is 5.91 Å². The number of carbonyl (C=O) groups is 1. The van der Waals surface area contributed by atoms with E-state index in [2.05, 4.69) is 17.4 Å². The number of nitrogens with two attached hydrogens (primary N) is 1. The first-order valence-corrected chi connectivity index (χ1v) is 7.53. The van der Waals surface area contributed by atoms with Crippen LogP contribution in [0.2, 0.25) is 0 Å². The van der Waals surface area contributed by atoms with Crippen LogP contribution in [-0.2, 0) is 11.2 Å². The number of rotatable bonds is 7. The highest BCUT2D eigenvalue weighted by molar-refractivity contribution is 5.78. The fourth-order valence-corrected chi connectivity index (χ4v) is 2.22. The summed E-state index contributed by atoms with van der Waals surface area (Å²) in [6, 6.07) is 4.14. The normalized spacial score (nSPS) is 11.3. The van der Waals surface area contributed by atoms with E-state index in [1.165, 1.54) is 5.56 Å². The minimum absolute atomic E-state index is 0.0430. The van der Waals surface area contributed by atoms with Crippen LogP contribution < -0.4 is 15.8 Å². The third kappa shape index (κ3) is 5.38. The molecular weight excluding hydrogens is 264 g/mol. The van der Waals surface area contributed by atoms with Gasteiger partial charge in [0, 0.05) is 5.54 Å². The Kier molecular flexibility index (Phi) is 6.21. The molecule has 118 valence electrons. The van der Waals surface area contributed by atoms with Crippen molar-refractivity contribution in [2.24, 2.45) is 5.73 Å². The topological polar surface area (TPSA) is 64.3 Å². The summed E-state index contributed by atoms with van der Waals surface area (Å²) in [5, 5.41) is 2.97. The molecule has 21 heavy (non-hydrogen) atoms. The predicted octanol–water partition coefficient (Wildman–Crippen LogP) is 2.49. The van der Waals surface area contributed by atoms with Crippen molar-refractivity contribution in [2.75, 3.05) is 13.2 Å². The van der Waals surface area contributed by atoms with Crippen LogP contribution in [0, 0.1) is 13.8 Å². The van der Waals surface area contributed by atoms with Crippen LogP contribution in [0.1, 0.15) is 43.9 Å². The van der Waals surface area contributed by atoms with Gasteiger partial charge in [0.05, 0.1) is 0 Å². The minimum Gasteiger partial charge on any atom is -0.483 e. The third-order valence-electron chi connectivity index (χ3n) is 3.66. The van der Waals surface area contributed by atoms with Gasteiger partial charge in [-0.15, -0.1) is 0 Å². The van der Waals surface area contributed by atoms with Crippen LogP contribution >= 0.6 is 0 Å². The SMILES string of the molecule is CCC(C)(C)NC(=O)COc1c(C)cc(CCN)cc1C. The smallest absolute Gasteiger partial charge is 0.258 e. The van der Waals surface area contributed by atoms with Crippen molar-refractivity contribution in [1.29, 1.82) is 0 Å². The van der Waals surface area contributed by atoms with Crippen LogP contribution in [0.5, 0.6) is 5.75 Å². The zero-order valence-corrected chi connectivity index (χ0v) is 13.9. The molecule has 0 atom stereocenters. The molecule has 3 N–H and O–H groups in total. The first-order valence-electron chi connectivity index (χ1n) is 7.53. The number of benzene rings is 1. The Morgan fingerprint density at radius 2 is 1.86 bits per heavy atom. The second-order valence-electron chi connectivity index (χ2n) is 6.17. The Hall–Kier alpha value is -1.55. The molecule has 4 nitrogen and oxygen atoms in total. The molecule has 0 saturated carbocycles. The first-order chi connectivity index (χ1) is 9.79. The average molecular weight is 292 g/mol. The number of amides is 1. The van der Waals surface area contributed by atoms with Gasteiger partial charge in [-0.2, -0.15) is 0 Å². The largest absolute Gasteiger partial charge is 0.483 e. The summed E-state index contributed by atoms with van der Waals surface area (Å²) < 4.78 is 5.71. The molecule has 4 heteroatoms. The summed E-state index contributed by atoms with van der Waals surface area (Å²) >= 11 is 0. The van der Waals surface area contributed by atoms with Gasteiger partial charge in [-0.05, 0) is 63.8 Å². The fourth-order valence-electron chi connectivity index (χ4n) is 2.22. The van der Waals surface area contributed by atoms with E-state index in [9.17, 15) is 4.79 Å². The van der Waals surface area contributed by atoms with E-state index < -0.39 is 0 Å². The van der Waals surface area contributed by atoms with E-state index in [1.807, 2.05) is 34.6 Å². The van der Waals surface area contributed by atoms with Crippen molar-refractivity contribution in [3.05, 3.63) is 28.8 Å². The van der Waals surface area contributed by atoms with Crippen LogP contribution in [-0.4, -0.2) is 24.6 Å². The van der Waals surface area contributed by atoms with Gasteiger partial charge >= 0.3 is 0 Å². The van der Waals surface area contributed by atoms with Crippen molar-refractivity contribution in [3.63, 3.8) is 0 Å². The van der Waals surface area contributed by atoms with E-state index in [1.54, 1.807) is 0 Å². The van der Waals surface area contributed by atoms with Crippen LogP contribution in [0.4, 0.5) is 0 Å². The molecule has 1 amide bonds. The number of ether oxygens (including phenoxy) is 1. The van der Waals surface area contributed by atoms with E-state index in [4.69, 9.17) is 10.5 Å². The Morgan fingerprint density at radius 3 is 2.33 bits per heavy atom. The van der Waals surface area contributed by atoms with Crippen LogP contribution in [0.25, 0.3) is 0 Å². The molecule has 0 radical (unpaired) electrons. The molecule has 1 aromatic rings. The molecule has 0 aliphatic rings. The molecule has 0 unspecified atom stereocenters. The highest BCUT2D eigenvalue weighted by Crippen LogP contribution is 2.25. The lowest BCUT2D eigenvalue weighted by molar-refractivity contribution is -0.124. The molecular formula is C17H28N2O2. The molecule has 0 heterocycles. The van der Waals surface area contributed by atoms with Gasteiger partial charge in [0.15, 0.2) is 6.61 Å². The lowest BCUT2D eigenvalue weighted by Gasteiger charge is -2.24. The van der Waals surface area contributed by atoms with E-state index in [0.717, 1.165) is 29.7 Å². The molecule has 0 spiro atoms. The van der Waals surface area contributed by atoms with Gasteiger partial charge in [-0.25, -0.2) is 0 Å². The Bertz CT molecular complexity index is 473. The number of hydrogen-bond acceptors (Lipinski definition) is 3. The number of carbonyl (C=O) groups excluding carboxylic acids is 1. The number of nitrogens with one attached hydrogen (secondary N) is 1.